The minimum absolute atomic E-state index is 0.658. The highest BCUT2D eigenvalue weighted by Crippen LogP contribution is 2.40. The van der Waals surface area contributed by atoms with Crippen LogP contribution in [0.1, 0.15) is 5.56 Å². The van der Waals surface area contributed by atoms with E-state index in [1.807, 2.05) is 60.7 Å². The second-order valence-corrected chi connectivity index (χ2v) is 7.09. The van der Waals surface area contributed by atoms with Crippen LogP contribution in [0.2, 0.25) is 0 Å². The molecule has 0 N–H and O–H groups in total. The van der Waals surface area contributed by atoms with Gasteiger partial charge in [0.2, 0.25) is 0 Å². The summed E-state index contributed by atoms with van der Waals surface area (Å²) in [5.41, 5.74) is 1.96. The van der Waals surface area contributed by atoms with Crippen LogP contribution in [0.4, 0.5) is 29.5 Å². The molecule has 0 saturated carbocycles. The number of para-hydroxylation sites is 2. The Morgan fingerprint density at radius 2 is 1.25 bits per heavy atom. The van der Waals surface area contributed by atoms with Crippen molar-refractivity contribution >= 4 is 27.7 Å². The average molecular weight is 396 g/mol. The topological polar surface area (TPSA) is 16.1 Å². The lowest BCUT2D eigenvalue weighted by atomic mass is 10.1. The maximum absolute atomic E-state index is 12.8. The first-order valence-electron chi connectivity index (χ1n) is 8.56. The molecule has 0 fully saturated rings. The molecule has 0 amide bonds. The van der Waals surface area contributed by atoms with Crippen molar-refractivity contribution in [2.75, 3.05) is 4.90 Å². The zero-order valence-electron chi connectivity index (χ0n) is 14.6. The number of hydrogen-bond acceptors (Lipinski definition) is 3. The molecule has 0 aliphatic heterocycles. The quantitative estimate of drug-likeness (QED) is 0.360. The van der Waals surface area contributed by atoms with E-state index < -0.39 is 11.7 Å². The van der Waals surface area contributed by atoms with Crippen molar-refractivity contribution < 1.29 is 13.2 Å². The Morgan fingerprint density at radius 1 is 0.714 bits per heavy atom. The van der Waals surface area contributed by atoms with E-state index >= 15 is 0 Å². The molecule has 2 nitrogen and oxygen atoms in total. The van der Waals surface area contributed by atoms with Crippen LogP contribution in [0.3, 0.4) is 0 Å². The Labute approximate surface area is 164 Å². The summed E-state index contributed by atoms with van der Waals surface area (Å²) >= 11 is 1.43. The van der Waals surface area contributed by atoms with E-state index in [9.17, 15) is 13.2 Å². The molecule has 140 valence electrons. The van der Waals surface area contributed by atoms with Gasteiger partial charge in [0.1, 0.15) is 10.0 Å². The van der Waals surface area contributed by atoms with E-state index in [-0.39, 0.29) is 0 Å². The number of nitrogens with zero attached hydrogens (tertiary/aromatic N) is 2. The van der Waals surface area contributed by atoms with Crippen LogP contribution in [0, 0.1) is 0 Å². The summed E-state index contributed by atoms with van der Waals surface area (Å²) in [7, 11) is 0. The fourth-order valence-corrected chi connectivity index (χ4v) is 3.83. The molecular weight excluding hydrogens is 381 g/mol. The monoisotopic (exact) mass is 396 g/mol. The van der Waals surface area contributed by atoms with Gasteiger partial charge in [0.15, 0.2) is 0 Å². The smallest absolute Gasteiger partial charge is 0.301 e. The number of hydrogen-bond donors (Lipinski definition) is 0. The molecule has 0 atom stereocenters. The van der Waals surface area contributed by atoms with Crippen LogP contribution < -0.4 is 4.90 Å². The third kappa shape index (κ3) is 3.77. The number of halogens is 3. The van der Waals surface area contributed by atoms with E-state index in [2.05, 4.69) is 9.88 Å². The van der Waals surface area contributed by atoms with Gasteiger partial charge in [-0.3, -0.25) is 0 Å². The van der Waals surface area contributed by atoms with Crippen molar-refractivity contribution in [3.8, 4) is 10.6 Å². The molecule has 0 aliphatic rings. The summed E-state index contributed by atoms with van der Waals surface area (Å²) < 4.78 is 38.4. The number of anilines is 3. The lowest BCUT2D eigenvalue weighted by molar-refractivity contribution is -0.137. The second kappa shape index (κ2) is 7.48. The number of alkyl halides is 3. The van der Waals surface area contributed by atoms with Crippen molar-refractivity contribution in [3.63, 3.8) is 0 Å². The lowest BCUT2D eigenvalue weighted by Crippen LogP contribution is -2.07. The Bertz CT molecular complexity index is 1000. The predicted octanol–water partition coefficient (Wildman–Crippen LogP) is 7.30. The maximum Gasteiger partial charge on any atom is 0.416 e. The van der Waals surface area contributed by atoms with E-state index in [0.717, 1.165) is 28.5 Å². The van der Waals surface area contributed by atoms with E-state index in [0.29, 0.717) is 10.6 Å². The Kier molecular flexibility index (Phi) is 4.88. The fourth-order valence-electron chi connectivity index (χ4n) is 2.86. The van der Waals surface area contributed by atoms with Gasteiger partial charge in [-0.15, -0.1) is 0 Å². The van der Waals surface area contributed by atoms with Gasteiger partial charge in [-0.05, 0) is 36.4 Å². The highest BCUT2D eigenvalue weighted by molar-refractivity contribution is 7.19. The number of benzene rings is 3. The zero-order valence-corrected chi connectivity index (χ0v) is 15.4. The van der Waals surface area contributed by atoms with Crippen LogP contribution in [0.5, 0.6) is 0 Å². The van der Waals surface area contributed by atoms with Gasteiger partial charge in [0.25, 0.3) is 0 Å². The van der Waals surface area contributed by atoms with E-state index in [1.54, 1.807) is 6.20 Å². The molecule has 1 aromatic heterocycles. The normalized spacial score (nSPS) is 11.4. The van der Waals surface area contributed by atoms with Gasteiger partial charge in [0.05, 0.1) is 11.8 Å². The molecule has 0 unspecified atom stereocenters. The lowest BCUT2D eigenvalue weighted by Gasteiger charge is -2.22. The third-order valence-corrected chi connectivity index (χ3v) is 5.23. The summed E-state index contributed by atoms with van der Waals surface area (Å²) in [4.78, 5) is 6.52. The zero-order chi connectivity index (χ0) is 19.6. The SMILES string of the molecule is FC(F)(F)c1ccc(-c2ncc(N(c3ccccc3)c3ccccc3)s2)cc1. The first-order chi connectivity index (χ1) is 13.5. The standard InChI is InChI=1S/C22H15F3N2S/c23-22(24,25)17-13-11-16(12-14-17)21-26-15-20(28-21)27(18-7-3-1-4-8-18)19-9-5-2-6-10-19/h1-15H. The van der Waals surface area contributed by atoms with Gasteiger partial charge >= 0.3 is 6.18 Å². The fraction of sp³-hybridized carbons (Fsp3) is 0.0455. The molecule has 3 aromatic carbocycles. The van der Waals surface area contributed by atoms with Crippen LogP contribution in [-0.4, -0.2) is 4.98 Å². The molecule has 28 heavy (non-hydrogen) atoms. The molecule has 0 spiro atoms. The van der Waals surface area contributed by atoms with Crippen molar-refractivity contribution in [2.24, 2.45) is 0 Å². The third-order valence-electron chi connectivity index (χ3n) is 4.20. The molecule has 4 aromatic rings. The van der Waals surface area contributed by atoms with Crippen molar-refractivity contribution in [1.82, 2.24) is 4.98 Å². The summed E-state index contributed by atoms with van der Waals surface area (Å²) in [6.45, 7) is 0. The number of thiazole rings is 1. The van der Waals surface area contributed by atoms with Crippen molar-refractivity contribution in [3.05, 3.63) is 96.7 Å². The van der Waals surface area contributed by atoms with Gasteiger partial charge in [0, 0.05) is 16.9 Å². The van der Waals surface area contributed by atoms with Crippen LogP contribution in [0.25, 0.3) is 10.6 Å². The highest BCUT2D eigenvalue weighted by atomic mass is 32.1. The van der Waals surface area contributed by atoms with Crippen LogP contribution >= 0.6 is 11.3 Å². The highest BCUT2D eigenvalue weighted by Gasteiger charge is 2.30. The molecule has 4 rings (SSSR count). The molecule has 0 saturated heterocycles. The van der Waals surface area contributed by atoms with Crippen LogP contribution in [-0.2, 0) is 6.18 Å². The maximum atomic E-state index is 12.8. The molecular formula is C22H15F3N2S. The van der Waals surface area contributed by atoms with Gasteiger partial charge in [-0.2, -0.15) is 13.2 Å². The van der Waals surface area contributed by atoms with Crippen LogP contribution in [0.15, 0.2) is 91.1 Å². The second-order valence-electron chi connectivity index (χ2n) is 6.09. The first kappa shape index (κ1) is 18.3. The predicted molar refractivity (Wildman–Crippen MR) is 107 cm³/mol. The molecule has 0 radical (unpaired) electrons. The van der Waals surface area contributed by atoms with Gasteiger partial charge in [-0.25, -0.2) is 4.98 Å². The number of rotatable bonds is 4. The first-order valence-corrected chi connectivity index (χ1v) is 9.38. The molecule has 0 bridgehead atoms. The van der Waals surface area contributed by atoms with E-state index in [1.165, 1.54) is 23.5 Å². The molecule has 0 aliphatic carbocycles. The van der Waals surface area contributed by atoms with Crippen molar-refractivity contribution in [2.45, 2.75) is 6.18 Å². The van der Waals surface area contributed by atoms with Gasteiger partial charge < -0.3 is 4.90 Å². The summed E-state index contributed by atoms with van der Waals surface area (Å²) in [6, 6.07) is 24.9. The minimum Gasteiger partial charge on any atom is -0.301 e. The Morgan fingerprint density at radius 3 is 1.75 bits per heavy atom. The Balaban J connectivity index is 1.71. The summed E-state index contributed by atoms with van der Waals surface area (Å²) in [5.74, 6) is 0. The minimum atomic E-state index is -4.34. The van der Waals surface area contributed by atoms with Gasteiger partial charge in [-0.1, -0.05) is 59.9 Å². The van der Waals surface area contributed by atoms with E-state index in [4.69, 9.17) is 0 Å². The summed E-state index contributed by atoms with van der Waals surface area (Å²) in [5, 5.41) is 1.55. The summed E-state index contributed by atoms with van der Waals surface area (Å²) in [6.07, 6.45) is -2.60. The number of aromatic nitrogens is 1. The molecule has 6 heteroatoms. The average Bonchev–Trinajstić information content (AvgIpc) is 3.19. The largest absolute Gasteiger partial charge is 0.416 e. The molecule has 1 heterocycles. The Hall–Kier alpha value is -3.12. The van der Waals surface area contributed by atoms with Crippen molar-refractivity contribution in [1.29, 1.82) is 0 Å².